The number of anilines is 2. The highest BCUT2D eigenvalue weighted by Crippen LogP contribution is 2.23. The first-order valence-electron chi connectivity index (χ1n) is 7.88. The summed E-state index contributed by atoms with van der Waals surface area (Å²) < 4.78 is 5.85. The van der Waals surface area contributed by atoms with Crippen LogP contribution in [0.1, 0.15) is 0 Å². The minimum absolute atomic E-state index is 0.681. The molecule has 1 N–H and O–H groups in total. The van der Waals surface area contributed by atoms with E-state index >= 15 is 0 Å². The molecule has 8 heteroatoms. The number of nitrogens with one attached hydrogen (secondary N) is 1. The monoisotopic (exact) mass is 321 g/mol. The van der Waals surface area contributed by atoms with Gasteiger partial charge in [-0.3, -0.25) is 5.10 Å². The molecular weight excluding hydrogens is 306 g/mol. The van der Waals surface area contributed by atoms with E-state index in [-0.39, 0.29) is 0 Å². The van der Waals surface area contributed by atoms with Crippen LogP contribution < -0.4 is 9.80 Å². The minimum Gasteiger partial charge on any atom is -0.423 e. The Morgan fingerprint density at radius 2 is 1.79 bits per heavy atom. The van der Waals surface area contributed by atoms with Crippen LogP contribution >= 0.6 is 0 Å². The summed E-state index contributed by atoms with van der Waals surface area (Å²) in [6.45, 7) is 3.27. The van der Waals surface area contributed by atoms with Gasteiger partial charge in [0.2, 0.25) is 5.95 Å². The predicted molar refractivity (Wildman–Crippen MR) is 90.1 cm³/mol. The number of rotatable bonds is 2. The van der Waals surface area contributed by atoms with Crippen LogP contribution in [-0.2, 0) is 0 Å². The Kier molecular flexibility index (Phi) is 2.87. The zero-order valence-electron chi connectivity index (χ0n) is 12.9. The Bertz CT molecular complexity index is 957. The molecule has 0 spiro atoms. The third kappa shape index (κ3) is 2.15. The molecule has 0 aliphatic carbocycles. The number of aromatic amines is 1. The number of para-hydroxylation sites is 2. The fraction of sp³-hybridized carbons (Fsp3) is 0.250. The van der Waals surface area contributed by atoms with Crippen molar-refractivity contribution in [1.82, 2.24) is 25.1 Å². The van der Waals surface area contributed by atoms with Crippen molar-refractivity contribution in [2.24, 2.45) is 0 Å². The van der Waals surface area contributed by atoms with E-state index in [9.17, 15) is 0 Å². The number of nitrogens with zero attached hydrogens (tertiary/aromatic N) is 6. The molecule has 1 saturated heterocycles. The second-order valence-electron chi connectivity index (χ2n) is 5.78. The minimum atomic E-state index is 0.681. The van der Waals surface area contributed by atoms with E-state index in [4.69, 9.17) is 4.42 Å². The molecular formula is C16H15N7O. The number of H-pyrrole nitrogens is 1. The van der Waals surface area contributed by atoms with Gasteiger partial charge in [0.15, 0.2) is 11.2 Å². The van der Waals surface area contributed by atoms with Crippen molar-refractivity contribution >= 4 is 34.1 Å². The predicted octanol–water partition coefficient (Wildman–Crippen LogP) is 1.82. The summed E-state index contributed by atoms with van der Waals surface area (Å²) >= 11 is 0. The fourth-order valence-corrected chi connectivity index (χ4v) is 2.97. The van der Waals surface area contributed by atoms with Gasteiger partial charge in [-0.15, -0.1) is 0 Å². The van der Waals surface area contributed by atoms with Crippen molar-refractivity contribution < 1.29 is 4.42 Å². The van der Waals surface area contributed by atoms with Gasteiger partial charge in [0.25, 0.3) is 6.01 Å². The molecule has 0 radical (unpaired) electrons. The number of aromatic nitrogens is 5. The van der Waals surface area contributed by atoms with Crippen molar-refractivity contribution in [1.29, 1.82) is 0 Å². The Morgan fingerprint density at radius 3 is 2.67 bits per heavy atom. The van der Waals surface area contributed by atoms with Crippen molar-refractivity contribution in [3.63, 3.8) is 0 Å². The van der Waals surface area contributed by atoms with Crippen LogP contribution in [0.3, 0.4) is 0 Å². The summed E-state index contributed by atoms with van der Waals surface area (Å²) in [6, 6.07) is 8.51. The Balaban J connectivity index is 1.34. The van der Waals surface area contributed by atoms with E-state index in [0.29, 0.717) is 6.01 Å². The molecule has 0 amide bonds. The molecule has 120 valence electrons. The molecule has 8 nitrogen and oxygen atoms in total. The number of hydrogen-bond acceptors (Lipinski definition) is 7. The molecule has 5 rings (SSSR count). The average molecular weight is 321 g/mol. The Labute approximate surface area is 137 Å². The summed E-state index contributed by atoms with van der Waals surface area (Å²) in [7, 11) is 0. The lowest BCUT2D eigenvalue weighted by molar-refractivity contribution is 0.539. The summed E-state index contributed by atoms with van der Waals surface area (Å²) in [6.07, 6.45) is 3.53. The first-order valence-corrected chi connectivity index (χ1v) is 7.88. The topological polar surface area (TPSA) is 87.0 Å². The maximum absolute atomic E-state index is 5.85. The van der Waals surface area contributed by atoms with Crippen LogP contribution in [0, 0.1) is 0 Å². The van der Waals surface area contributed by atoms with Gasteiger partial charge < -0.3 is 14.2 Å². The first kappa shape index (κ1) is 13.3. The van der Waals surface area contributed by atoms with E-state index in [1.165, 1.54) is 0 Å². The second-order valence-corrected chi connectivity index (χ2v) is 5.78. The smallest absolute Gasteiger partial charge is 0.298 e. The first-order chi connectivity index (χ1) is 11.9. The molecule has 0 bridgehead atoms. The lowest BCUT2D eigenvalue weighted by Crippen LogP contribution is -2.47. The highest BCUT2D eigenvalue weighted by Gasteiger charge is 2.22. The summed E-state index contributed by atoms with van der Waals surface area (Å²) in [5, 5.41) is 7.79. The molecule has 1 aliphatic rings. The van der Waals surface area contributed by atoms with E-state index in [1.807, 2.05) is 24.3 Å². The van der Waals surface area contributed by atoms with Gasteiger partial charge in [0.05, 0.1) is 11.6 Å². The lowest BCUT2D eigenvalue weighted by atomic mass is 10.3. The maximum atomic E-state index is 5.85. The zero-order valence-corrected chi connectivity index (χ0v) is 12.9. The number of piperazine rings is 1. The Morgan fingerprint density at radius 1 is 0.958 bits per heavy atom. The van der Waals surface area contributed by atoms with Crippen LogP contribution in [0.5, 0.6) is 0 Å². The van der Waals surface area contributed by atoms with E-state index in [1.54, 1.807) is 12.4 Å². The quantitative estimate of drug-likeness (QED) is 0.602. The van der Waals surface area contributed by atoms with Crippen LogP contribution in [0.25, 0.3) is 22.1 Å². The van der Waals surface area contributed by atoms with Gasteiger partial charge in [0.1, 0.15) is 5.52 Å². The molecule has 1 aromatic carbocycles. The largest absolute Gasteiger partial charge is 0.423 e. The second kappa shape index (κ2) is 5.19. The number of hydrogen-bond donors (Lipinski definition) is 1. The molecule has 0 unspecified atom stereocenters. The third-order valence-corrected chi connectivity index (χ3v) is 4.29. The van der Waals surface area contributed by atoms with Gasteiger partial charge in [-0.25, -0.2) is 4.98 Å². The molecule has 1 aliphatic heterocycles. The number of oxazole rings is 1. The molecule has 24 heavy (non-hydrogen) atoms. The highest BCUT2D eigenvalue weighted by molar-refractivity contribution is 5.75. The Hall–Kier alpha value is -3.16. The van der Waals surface area contributed by atoms with Crippen LogP contribution in [-0.4, -0.2) is 51.3 Å². The molecule has 0 atom stereocenters. The lowest BCUT2D eigenvalue weighted by Gasteiger charge is -2.33. The SMILES string of the molecule is c1ccc2oc(N3CCN(c4ncc5cn[nH]c5n4)CC3)nc2c1. The summed E-state index contributed by atoms with van der Waals surface area (Å²) in [5.41, 5.74) is 2.48. The van der Waals surface area contributed by atoms with E-state index in [0.717, 1.165) is 54.3 Å². The fourth-order valence-electron chi connectivity index (χ4n) is 2.97. The van der Waals surface area contributed by atoms with Crippen LogP contribution in [0.2, 0.25) is 0 Å². The van der Waals surface area contributed by atoms with Gasteiger partial charge in [-0.05, 0) is 12.1 Å². The maximum Gasteiger partial charge on any atom is 0.298 e. The van der Waals surface area contributed by atoms with Crippen LogP contribution in [0.15, 0.2) is 41.1 Å². The molecule has 3 aromatic heterocycles. The van der Waals surface area contributed by atoms with Crippen molar-refractivity contribution in [2.75, 3.05) is 36.0 Å². The molecule has 4 aromatic rings. The van der Waals surface area contributed by atoms with Crippen LogP contribution in [0.4, 0.5) is 12.0 Å². The normalized spacial score (nSPS) is 15.5. The van der Waals surface area contributed by atoms with E-state index < -0.39 is 0 Å². The van der Waals surface area contributed by atoms with Gasteiger partial charge >= 0.3 is 0 Å². The van der Waals surface area contributed by atoms with Gasteiger partial charge in [-0.2, -0.15) is 15.1 Å². The highest BCUT2D eigenvalue weighted by atomic mass is 16.4. The van der Waals surface area contributed by atoms with Crippen molar-refractivity contribution in [3.05, 3.63) is 36.7 Å². The summed E-state index contributed by atoms with van der Waals surface area (Å²) in [5.74, 6) is 0.726. The van der Waals surface area contributed by atoms with Crippen molar-refractivity contribution in [3.8, 4) is 0 Å². The third-order valence-electron chi connectivity index (χ3n) is 4.29. The van der Waals surface area contributed by atoms with Gasteiger partial charge in [0, 0.05) is 32.4 Å². The molecule has 4 heterocycles. The number of fused-ring (bicyclic) bond motifs is 2. The summed E-state index contributed by atoms with van der Waals surface area (Å²) in [4.78, 5) is 17.9. The molecule has 1 fully saturated rings. The standard InChI is InChI=1S/C16H15N7O/c1-2-4-13-12(3-1)19-16(24-13)23-7-5-22(6-8-23)15-17-9-11-10-18-21-14(11)20-15/h1-4,9-10H,5-8H2,(H,17,18,20,21). The molecule has 0 saturated carbocycles. The average Bonchev–Trinajstić information content (AvgIpc) is 3.27. The van der Waals surface area contributed by atoms with Gasteiger partial charge in [-0.1, -0.05) is 12.1 Å². The number of benzene rings is 1. The van der Waals surface area contributed by atoms with E-state index in [2.05, 4.69) is 34.9 Å². The van der Waals surface area contributed by atoms with Crippen molar-refractivity contribution in [2.45, 2.75) is 0 Å². The zero-order chi connectivity index (χ0) is 15.9.